The highest BCUT2D eigenvalue weighted by molar-refractivity contribution is 6.30. The standard InChI is InChI=1S/C13H21ClN2/c1-10(2)6-7-16(3)13-5-4-12(14)8-11(13)9-15/h4-5,8,10H,6-7,9,15H2,1-3H3. The minimum Gasteiger partial charge on any atom is -0.374 e. The molecule has 3 heteroatoms. The molecule has 0 heterocycles. The summed E-state index contributed by atoms with van der Waals surface area (Å²) in [7, 11) is 2.10. The van der Waals surface area contributed by atoms with Gasteiger partial charge in [-0.15, -0.1) is 0 Å². The van der Waals surface area contributed by atoms with Gasteiger partial charge in [0.25, 0.3) is 0 Å². The van der Waals surface area contributed by atoms with E-state index in [-0.39, 0.29) is 0 Å². The zero-order valence-electron chi connectivity index (χ0n) is 10.3. The number of hydrogen-bond donors (Lipinski definition) is 1. The molecule has 0 aromatic heterocycles. The predicted molar refractivity (Wildman–Crippen MR) is 72.1 cm³/mol. The molecule has 0 saturated carbocycles. The fraction of sp³-hybridized carbons (Fsp3) is 0.538. The zero-order chi connectivity index (χ0) is 12.1. The number of hydrogen-bond acceptors (Lipinski definition) is 2. The average molecular weight is 241 g/mol. The van der Waals surface area contributed by atoms with Crippen LogP contribution in [0.3, 0.4) is 0 Å². The van der Waals surface area contributed by atoms with Crippen molar-refractivity contribution in [2.75, 3.05) is 18.5 Å². The molecule has 0 fully saturated rings. The summed E-state index contributed by atoms with van der Waals surface area (Å²) in [5.41, 5.74) is 8.03. The molecule has 0 saturated heterocycles. The number of nitrogens with zero attached hydrogens (tertiary/aromatic N) is 1. The maximum atomic E-state index is 5.95. The summed E-state index contributed by atoms with van der Waals surface area (Å²) in [6.07, 6.45) is 1.18. The molecule has 0 aliphatic rings. The molecular weight excluding hydrogens is 220 g/mol. The van der Waals surface area contributed by atoms with Gasteiger partial charge in [-0.2, -0.15) is 0 Å². The first-order valence-corrected chi connectivity index (χ1v) is 6.12. The molecule has 2 N–H and O–H groups in total. The molecule has 0 aliphatic heterocycles. The Morgan fingerprint density at radius 3 is 2.62 bits per heavy atom. The third-order valence-corrected chi connectivity index (χ3v) is 2.95. The van der Waals surface area contributed by atoms with E-state index in [4.69, 9.17) is 17.3 Å². The van der Waals surface area contributed by atoms with E-state index >= 15 is 0 Å². The van der Waals surface area contributed by atoms with Gasteiger partial charge in [-0.05, 0) is 36.1 Å². The van der Waals surface area contributed by atoms with Crippen molar-refractivity contribution in [3.05, 3.63) is 28.8 Å². The van der Waals surface area contributed by atoms with Crippen LogP contribution in [0, 0.1) is 5.92 Å². The fourth-order valence-corrected chi connectivity index (χ4v) is 1.86. The number of halogens is 1. The van der Waals surface area contributed by atoms with Crippen molar-refractivity contribution in [1.29, 1.82) is 0 Å². The maximum absolute atomic E-state index is 5.95. The van der Waals surface area contributed by atoms with Crippen LogP contribution >= 0.6 is 11.6 Å². The lowest BCUT2D eigenvalue weighted by atomic mass is 10.1. The summed E-state index contributed by atoms with van der Waals surface area (Å²) in [5.74, 6) is 0.719. The van der Waals surface area contributed by atoms with Crippen LogP contribution in [0.4, 0.5) is 5.69 Å². The van der Waals surface area contributed by atoms with Gasteiger partial charge in [-0.3, -0.25) is 0 Å². The van der Waals surface area contributed by atoms with Gasteiger partial charge in [0.15, 0.2) is 0 Å². The van der Waals surface area contributed by atoms with Crippen molar-refractivity contribution in [3.8, 4) is 0 Å². The van der Waals surface area contributed by atoms with Crippen molar-refractivity contribution in [1.82, 2.24) is 0 Å². The Labute approximate surface area is 103 Å². The molecule has 1 rings (SSSR count). The monoisotopic (exact) mass is 240 g/mol. The van der Waals surface area contributed by atoms with Crippen molar-refractivity contribution in [3.63, 3.8) is 0 Å². The highest BCUT2D eigenvalue weighted by Gasteiger charge is 2.07. The van der Waals surface area contributed by atoms with E-state index in [1.165, 1.54) is 12.1 Å². The molecule has 2 nitrogen and oxygen atoms in total. The lowest BCUT2D eigenvalue weighted by molar-refractivity contribution is 0.584. The first-order valence-electron chi connectivity index (χ1n) is 5.74. The quantitative estimate of drug-likeness (QED) is 0.856. The third kappa shape index (κ3) is 3.69. The van der Waals surface area contributed by atoms with E-state index in [0.29, 0.717) is 6.54 Å². The first-order chi connectivity index (χ1) is 7.54. The smallest absolute Gasteiger partial charge is 0.0410 e. The van der Waals surface area contributed by atoms with E-state index in [9.17, 15) is 0 Å². The van der Waals surface area contributed by atoms with Gasteiger partial charge in [0.05, 0.1) is 0 Å². The Morgan fingerprint density at radius 1 is 1.38 bits per heavy atom. The lowest BCUT2D eigenvalue weighted by Gasteiger charge is -2.23. The van der Waals surface area contributed by atoms with E-state index in [0.717, 1.165) is 23.0 Å². The van der Waals surface area contributed by atoms with Crippen LogP contribution in [0.25, 0.3) is 0 Å². The average Bonchev–Trinajstić information content (AvgIpc) is 2.25. The second-order valence-electron chi connectivity index (χ2n) is 4.58. The van der Waals surface area contributed by atoms with Gasteiger partial charge in [-0.1, -0.05) is 25.4 Å². The molecule has 0 bridgehead atoms. The van der Waals surface area contributed by atoms with Crippen LogP contribution in [0.5, 0.6) is 0 Å². The number of anilines is 1. The zero-order valence-corrected chi connectivity index (χ0v) is 11.1. The second-order valence-corrected chi connectivity index (χ2v) is 5.02. The lowest BCUT2D eigenvalue weighted by Crippen LogP contribution is -2.21. The van der Waals surface area contributed by atoms with Crippen molar-refractivity contribution < 1.29 is 0 Å². The summed E-state index contributed by atoms with van der Waals surface area (Å²) < 4.78 is 0. The molecule has 0 aliphatic carbocycles. The maximum Gasteiger partial charge on any atom is 0.0410 e. The molecule has 0 atom stereocenters. The molecule has 0 spiro atoms. The Morgan fingerprint density at radius 2 is 2.06 bits per heavy atom. The van der Waals surface area contributed by atoms with E-state index < -0.39 is 0 Å². The predicted octanol–water partition coefficient (Wildman–Crippen LogP) is 3.28. The fourth-order valence-electron chi connectivity index (χ4n) is 1.66. The van der Waals surface area contributed by atoms with Crippen molar-refractivity contribution >= 4 is 17.3 Å². The number of benzene rings is 1. The molecule has 0 unspecified atom stereocenters. The minimum atomic E-state index is 0.530. The summed E-state index contributed by atoms with van der Waals surface area (Å²) in [5, 5.41) is 0.751. The minimum absolute atomic E-state index is 0.530. The number of nitrogens with two attached hydrogens (primary N) is 1. The topological polar surface area (TPSA) is 29.3 Å². The molecular formula is C13H21ClN2. The molecule has 1 aromatic carbocycles. The molecule has 90 valence electrons. The molecule has 0 amide bonds. The third-order valence-electron chi connectivity index (χ3n) is 2.71. The SMILES string of the molecule is CC(C)CCN(C)c1ccc(Cl)cc1CN. The Kier molecular flexibility index (Phi) is 5.10. The Balaban J connectivity index is 2.77. The van der Waals surface area contributed by atoms with Crippen LogP contribution in [0.1, 0.15) is 25.8 Å². The van der Waals surface area contributed by atoms with Crippen LogP contribution in [-0.2, 0) is 6.54 Å². The van der Waals surface area contributed by atoms with Gasteiger partial charge in [0, 0.05) is 30.8 Å². The van der Waals surface area contributed by atoms with Crippen LogP contribution in [0.15, 0.2) is 18.2 Å². The normalized spacial score (nSPS) is 10.9. The Hall–Kier alpha value is -0.730. The van der Waals surface area contributed by atoms with Crippen LogP contribution < -0.4 is 10.6 Å². The first kappa shape index (κ1) is 13.3. The molecule has 0 radical (unpaired) electrons. The van der Waals surface area contributed by atoms with E-state index in [1.54, 1.807) is 0 Å². The van der Waals surface area contributed by atoms with Crippen molar-refractivity contribution in [2.45, 2.75) is 26.8 Å². The van der Waals surface area contributed by atoms with Crippen molar-refractivity contribution in [2.24, 2.45) is 11.7 Å². The van der Waals surface area contributed by atoms with Crippen LogP contribution in [0.2, 0.25) is 5.02 Å². The van der Waals surface area contributed by atoms with Gasteiger partial charge < -0.3 is 10.6 Å². The second kappa shape index (κ2) is 6.12. The Bertz CT molecular complexity index is 337. The summed E-state index contributed by atoms with van der Waals surface area (Å²) in [4.78, 5) is 2.25. The van der Waals surface area contributed by atoms with E-state index in [1.807, 2.05) is 18.2 Å². The van der Waals surface area contributed by atoms with E-state index in [2.05, 4.69) is 25.8 Å². The summed E-state index contributed by atoms with van der Waals surface area (Å²) >= 11 is 5.95. The van der Waals surface area contributed by atoms with Gasteiger partial charge >= 0.3 is 0 Å². The van der Waals surface area contributed by atoms with Gasteiger partial charge in [0.1, 0.15) is 0 Å². The van der Waals surface area contributed by atoms with Gasteiger partial charge in [0.2, 0.25) is 0 Å². The largest absolute Gasteiger partial charge is 0.374 e. The molecule has 16 heavy (non-hydrogen) atoms. The molecule has 1 aromatic rings. The van der Waals surface area contributed by atoms with Gasteiger partial charge in [-0.25, -0.2) is 0 Å². The summed E-state index contributed by atoms with van der Waals surface area (Å²) in [6, 6.07) is 5.91. The summed E-state index contributed by atoms with van der Waals surface area (Å²) in [6.45, 7) is 6.05. The van der Waals surface area contributed by atoms with Crippen LogP contribution in [-0.4, -0.2) is 13.6 Å². The highest BCUT2D eigenvalue weighted by atomic mass is 35.5. The highest BCUT2D eigenvalue weighted by Crippen LogP contribution is 2.23. The number of rotatable bonds is 5.